The normalized spacial score (nSPS) is 17.5. The van der Waals surface area contributed by atoms with Gasteiger partial charge in [-0.3, -0.25) is 44.2 Å². The molecule has 1 unspecified atom stereocenters. The predicted molar refractivity (Wildman–Crippen MR) is 396 cm³/mol. The van der Waals surface area contributed by atoms with Gasteiger partial charge in [0, 0.05) is 92.1 Å². The Balaban J connectivity index is 0.881. The number of carbonyl (C=O) groups is 6. The van der Waals surface area contributed by atoms with Crippen LogP contribution in [-0.2, 0) is 66.4 Å². The number of anilines is 3. The Hall–Kier alpha value is -9.08. The third-order valence-electron chi connectivity index (χ3n) is 19.8. The number of rotatable bonds is 47. The number of fused-ring (bicyclic) bond motifs is 2. The van der Waals surface area contributed by atoms with Gasteiger partial charge < -0.3 is 64.5 Å². The number of carbonyl (C=O) groups excluding carboxylic acids is 6. The number of amides is 6. The predicted octanol–water partition coefficient (Wildman–Crippen LogP) is 9.16. The molecule has 5 aromatic rings. The van der Waals surface area contributed by atoms with E-state index in [0.717, 1.165) is 142 Å². The maximum atomic E-state index is 14.4. The molecule has 4 aromatic carbocycles. The highest BCUT2D eigenvalue weighted by molar-refractivity contribution is 6.45. The van der Waals surface area contributed by atoms with Crippen molar-refractivity contribution in [3.63, 3.8) is 0 Å². The number of unbranched alkanes of at least 4 members (excludes halogenated alkanes) is 12. The number of nitrogens with zero attached hydrogens (tertiary/aromatic N) is 6. The summed E-state index contributed by atoms with van der Waals surface area (Å²) in [6.07, 6.45) is 18.1. The monoisotopic (exact) mass is 1410 g/mol. The molecular formula is C73H96B3N13O14. The first-order valence-electron chi connectivity index (χ1n) is 36.4. The Morgan fingerprint density at radius 2 is 1.19 bits per heavy atom. The lowest BCUT2D eigenvalue weighted by atomic mass is 9.51. The van der Waals surface area contributed by atoms with Gasteiger partial charge >= 0.3 is 33.4 Å². The SMILES string of the molecule is CB(O)NCCCCCCCC(=O)Nc1ccc2c(c1)C1(CCC(=O)NCCOCCOCCN3C(=O)[C@@H]4C[C@H](N=[N+]=[N-])CN4C(=O)C3Cc3ccc4c(=O)oc(=O)n(C)c4c3)c3cc(NC(=O)CCCCCCC[B]OC=N)ccc3C2c2ccc(NC(=O)CCCCCCC[B]OC=N)cc21. The van der Waals surface area contributed by atoms with E-state index in [0.29, 0.717) is 66.7 Å². The van der Waals surface area contributed by atoms with Crippen LogP contribution in [0.25, 0.3) is 21.3 Å². The van der Waals surface area contributed by atoms with Crippen LogP contribution in [0.4, 0.5) is 17.1 Å². The van der Waals surface area contributed by atoms with Crippen LogP contribution in [0.5, 0.6) is 0 Å². The number of aromatic nitrogens is 1. The van der Waals surface area contributed by atoms with E-state index in [1.807, 2.05) is 36.4 Å². The average molecular weight is 1410 g/mol. The molecule has 27 nitrogen and oxygen atoms in total. The van der Waals surface area contributed by atoms with Gasteiger partial charge in [-0.2, -0.15) is 0 Å². The molecular weight excluding hydrogens is 1320 g/mol. The molecule has 2 fully saturated rings. The first-order valence-corrected chi connectivity index (χ1v) is 36.4. The van der Waals surface area contributed by atoms with Gasteiger partial charge in [0.15, 0.2) is 0 Å². The van der Waals surface area contributed by atoms with Crippen LogP contribution in [0.1, 0.15) is 180 Å². The van der Waals surface area contributed by atoms with Gasteiger partial charge in [0.1, 0.15) is 24.9 Å². The molecule has 103 heavy (non-hydrogen) atoms. The molecule has 6 amide bonds. The summed E-state index contributed by atoms with van der Waals surface area (Å²) in [5.74, 6) is -2.38. The van der Waals surface area contributed by atoms with E-state index in [-0.39, 0.29) is 118 Å². The Bertz CT molecular complexity index is 3870. The minimum absolute atomic E-state index is 0.0355. The molecule has 5 aliphatic rings. The number of hydrogen-bond donors (Lipinski definition) is 8. The number of nitrogens with one attached hydrogen (secondary N) is 7. The first-order chi connectivity index (χ1) is 50.0. The number of azide groups is 1. The molecule has 10 rings (SSSR count). The van der Waals surface area contributed by atoms with Crippen molar-refractivity contribution in [2.75, 3.05) is 68.6 Å². The molecule has 2 saturated heterocycles. The smallest absolute Gasteiger partial charge is 0.422 e. The summed E-state index contributed by atoms with van der Waals surface area (Å²) in [6, 6.07) is 20.5. The Labute approximate surface area is 602 Å². The van der Waals surface area contributed by atoms with Gasteiger partial charge in [-0.25, -0.2) is 9.59 Å². The van der Waals surface area contributed by atoms with Crippen LogP contribution < -0.4 is 37.9 Å². The number of hydrogen-bond acceptors (Lipinski definition) is 18. The maximum absolute atomic E-state index is 14.4. The van der Waals surface area contributed by atoms with E-state index in [1.54, 1.807) is 33.9 Å². The molecule has 3 atom stereocenters. The average Bonchev–Trinajstić information content (AvgIpc) is 0.987. The molecule has 30 heteroatoms. The van der Waals surface area contributed by atoms with Gasteiger partial charge in [-0.1, -0.05) is 100 Å². The largest absolute Gasteiger partial charge is 0.556 e. The number of piperazine rings is 1. The van der Waals surface area contributed by atoms with Crippen molar-refractivity contribution < 1.29 is 57.0 Å². The second-order valence-electron chi connectivity index (χ2n) is 27.0. The highest BCUT2D eigenvalue weighted by Gasteiger charge is 2.53. The van der Waals surface area contributed by atoms with Crippen LogP contribution in [0.3, 0.4) is 0 Å². The zero-order valence-electron chi connectivity index (χ0n) is 59.2. The van der Waals surface area contributed by atoms with Gasteiger partial charge in [-0.05, 0) is 158 Å². The lowest BCUT2D eigenvalue weighted by Crippen LogP contribution is -2.63. The van der Waals surface area contributed by atoms with Gasteiger partial charge in [0.05, 0.1) is 43.4 Å². The minimum atomic E-state index is -1.04. The summed E-state index contributed by atoms with van der Waals surface area (Å²) in [5, 5.41) is 43.3. The molecule has 546 valence electrons. The Morgan fingerprint density at radius 1 is 0.670 bits per heavy atom. The highest BCUT2D eigenvalue weighted by atomic mass is 16.5. The topological polar surface area (TPSA) is 375 Å². The Kier molecular flexibility index (Phi) is 30.0. The van der Waals surface area contributed by atoms with Crippen molar-refractivity contribution in [1.82, 2.24) is 24.9 Å². The van der Waals surface area contributed by atoms with Crippen LogP contribution in [0, 0.1) is 10.8 Å². The molecule has 2 aliphatic heterocycles. The maximum Gasteiger partial charge on any atom is 0.422 e. The van der Waals surface area contributed by atoms with E-state index in [9.17, 15) is 48.9 Å². The van der Waals surface area contributed by atoms with Crippen molar-refractivity contribution in [3.05, 3.63) is 143 Å². The molecule has 8 N–H and O–H groups in total. The summed E-state index contributed by atoms with van der Waals surface area (Å²) >= 11 is 0. The zero-order chi connectivity index (χ0) is 73.1. The van der Waals surface area contributed by atoms with Gasteiger partial charge in [-0.15, -0.1) is 0 Å². The van der Waals surface area contributed by atoms with Gasteiger partial charge in [0.25, 0.3) is 0 Å². The van der Waals surface area contributed by atoms with Gasteiger partial charge in [0.2, 0.25) is 35.4 Å². The molecule has 2 radical (unpaired) electrons. The zero-order valence-corrected chi connectivity index (χ0v) is 59.2. The van der Waals surface area contributed by atoms with Crippen LogP contribution in [0.2, 0.25) is 19.5 Å². The molecule has 3 aliphatic carbocycles. The summed E-state index contributed by atoms with van der Waals surface area (Å²) in [4.78, 5) is 115. The lowest BCUT2D eigenvalue weighted by molar-refractivity contribution is -0.160. The first kappa shape index (κ1) is 78.1. The van der Waals surface area contributed by atoms with Crippen molar-refractivity contribution in [1.29, 1.82) is 10.8 Å². The summed E-state index contributed by atoms with van der Waals surface area (Å²) in [6.45, 7) is 3.16. The summed E-state index contributed by atoms with van der Waals surface area (Å²) in [7, 11) is 4.15. The second kappa shape index (κ2) is 39.5. The number of aryl methyl sites for hydroxylation is 1. The van der Waals surface area contributed by atoms with E-state index >= 15 is 0 Å². The molecule has 0 spiro atoms. The molecule has 2 bridgehead atoms. The van der Waals surface area contributed by atoms with E-state index in [4.69, 9.17) is 34.0 Å². The molecule has 0 saturated carbocycles. The molecule has 1 aromatic heterocycles. The van der Waals surface area contributed by atoms with Crippen LogP contribution in [0.15, 0.2) is 91.9 Å². The van der Waals surface area contributed by atoms with Crippen LogP contribution in [-0.4, -0.2) is 160 Å². The van der Waals surface area contributed by atoms with Crippen molar-refractivity contribution >= 4 is 98.2 Å². The van der Waals surface area contributed by atoms with Crippen molar-refractivity contribution in [3.8, 4) is 0 Å². The summed E-state index contributed by atoms with van der Waals surface area (Å²) < 4.78 is 27.8. The minimum Gasteiger partial charge on any atom is -0.556 e. The highest BCUT2D eigenvalue weighted by Crippen LogP contribution is 2.62. The molecule has 3 heterocycles. The fraction of sp³-hybridized carbons (Fsp3) is 0.534. The lowest BCUT2D eigenvalue weighted by Gasteiger charge is -2.51. The summed E-state index contributed by atoms with van der Waals surface area (Å²) in [5.41, 5.74) is 15.8. The standard InChI is InChI=1S/C73H96B3N13O14/c1-76(98)81-33-17-11-5-8-14-20-67(93)84-52-24-28-56-60(44-52)73(30-29-64(90)80-34-36-99-38-39-100-37-35-88-62(70(95)89-46-53(85-86-79)45-63(89)69(88)94)41-49-21-25-57-61(40-49)87(2)72(97)103-71(57)96)58-42-50(82-65(91)18-12-6-3-9-15-31-74-101-47-77)22-26-54(58)68(56)55-27-23-51(43-59(55)73)83-66(92)19-13-7-4-10-16-32-75-102-48-78/h21-28,40,42-44,47-48,53,62-63,68,77-78,81,98H,3-20,29-39,41,45-46H2,1-2H3,(H,80,90)(H,82,91)(H,83,92)(H,84,93)/t53-,62?,63-,68?,73?/m0/s1. The Morgan fingerprint density at radius 3 is 1.73 bits per heavy atom. The fourth-order valence-electron chi connectivity index (χ4n) is 14.7. The number of benzene rings is 4. The van der Waals surface area contributed by atoms with Crippen molar-refractivity contribution in [2.45, 2.75) is 190 Å². The van der Waals surface area contributed by atoms with E-state index in [2.05, 4.69) is 54.7 Å². The number of ether oxygens (including phenoxy) is 2. The second-order valence-corrected chi connectivity index (χ2v) is 27.0. The third kappa shape index (κ3) is 21.1. The fourth-order valence-corrected chi connectivity index (χ4v) is 14.7. The van der Waals surface area contributed by atoms with E-state index in [1.165, 1.54) is 27.5 Å². The third-order valence-corrected chi connectivity index (χ3v) is 19.8. The quantitative estimate of drug-likeness (QED) is 0.00342. The van der Waals surface area contributed by atoms with Crippen LogP contribution >= 0.6 is 0 Å². The van der Waals surface area contributed by atoms with E-state index < -0.39 is 42.0 Å². The van der Waals surface area contributed by atoms with Crippen molar-refractivity contribution in [2.24, 2.45) is 12.2 Å².